The number of para-hydroxylation sites is 1. The lowest BCUT2D eigenvalue weighted by atomic mass is 9.95. The van der Waals surface area contributed by atoms with Crippen molar-refractivity contribution in [3.8, 4) is 22.8 Å². The minimum atomic E-state index is -0.486. The van der Waals surface area contributed by atoms with E-state index in [0.29, 0.717) is 34.6 Å². The Morgan fingerprint density at radius 2 is 1.74 bits per heavy atom. The fourth-order valence-corrected chi connectivity index (χ4v) is 4.43. The van der Waals surface area contributed by atoms with Gasteiger partial charge in [-0.25, -0.2) is 4.79 Å². The van der Waals surface area contributed by atoms with Gasteiger partial charge >= 0.3 is 5.97 Å². The van der Waals surface area contributed by atoms with Crippen molar-refractivity contribution in [3.63, 3.8) is 0 Å². The van der Waals surface area contributed by atoms with E-state index in [-0.39, 0.29) is 11.7 Å². The van der Waals surface area contributed by atoms with E-state index in [1.807, 2.05) is 42.5 Å². The van der Waals surface area contributed by atoms with Gasteiger partial charge in [0, 0.05) is 17.7 Å². The first-order valence-electron chi connectivity index (χ1n) is 11.0. The molecule has 0 saturated heterocycles. The van der Waals surface area contributed by atoms with Gasteiger partial charge in [-0.15, -0.1) is 0 Å². The number of carbonyl (C=O) groups excluding carboxylic acids is 2. The summed E-state index contributed by atoms with van der Waals surface area (Å²) in [5, 5.41) is 17.8. The van der Waals surface area contributed by atoms with Crippen molar-refractivity contribution in [2.45, 2.75) is 12.6 Å². The van der Waals surface area contributed by atoms with Crippen molar-refractivity contribution < 1.29 is 24.2 Å². The zero-order valence-corrected chi connectivity index (χ0v) is 19.2. The highest BCUT2D eigenvalue weighted by Gasteiger charge is 2.42. The molecule has 8 nitrogen and oxygen atoms in total. The summed E-state index contributed by atoms with van der Waals surface area (Å²) in [5.41, 5.74) is 4.23. The lowest BCUT2D eigenvalue weighted by Crippen LogP contribution is -2.29. The summed E-state index contributed by atoms with van der Waals surface area (Å²) in [5.74, 6) is 0.162. The van der Waals surface area contributed by atoms with Crippen LogP contribution in [0.2, 0.25) is 0 Å². The number of phenols is 1. The molecule has 1 aromatic heterocycles. The third kappa shape index (κ3) is 3.89. The van der Waals surface area contributed by atoms with Gasteiger partial charge in [-0.2, -0.15) is 5.10 Å². The molecule has 4 aromatic rings. The van der Waals surface area contributed by atoms with Crippen LogP contribution in [0.5, 0.6) is 11.5 Å². The van der Waals surface area contributed by atoms with Crippen LogP contribution >= 0.6 is 0 Å². The van der Waals surface area contributed by atoms with Crippen molar-refractivity contribution in [1.29, 1.82) is 0 Å². The molecule has 3 aromatic carbocycles. The standard InChI is InChI=1S/C27H23N3O5/c1-34-19-13-7-16(8-14-19)15-30-25(17-9-11-18(12-10-17)27(33)35-2)22-23(28-29-24(22)26(30)32)20-5-3-4-6-21(20)31/h3-14,25,31H,15H2,1-2H3,(H,28,29)/t25-/m1/s1. The van der Waals surface area contributed by atoms with Crippen LogP contribution in [0.25, 0.3) is 11.3 Å². The number of phenolic OH excluding ortho intramolecular Hbond substituents is 1. The van der Waals surface area contributed by atoms with Crippen LogP contribution in [0.15, 0.2) is 72.8 Å². The number of fused-ring (bicyclic) bond motifs is 1. The average Bonchev–Trinajstić information content (AvgIpc) is 3.43. The van der Waals surface area contributed by atoms with Crippen LogP contribution in [0, 0.1) is 0 Å². The second kappa shape index (κ2) is 8.98. The Morgan fingerprint density at radius 1 is 1.03 bits per heavy atom. The molecular weight excluding hydrogens is 446 g/mol. The zero-order chi connectivity index (χ0) is 24.5. The van der Waals surface area contributed by atoms with Gasteiger partial charge in [0.25, 0.3) is 5.91 Å². The Balaban J connectivity index is 1.61. The molecule has 176 valence electrons. The molecule has 1 amide bonds. The summed E-state index contributed by atoms with van der Waals surface area (Å²) in [4.78, 5) is 27.3. The normalized spacial score (nSPS) is 14.6. The highest BCUT2D eigenvalue weighted by Crippen LogP contribution is 2.45. The molecule has 1 atom stereocenters. The largest absolute Gasteiger partial charge is 0.507 e. The fourth-order valence-electron chi connectivity index (χ4n) is 4.43. The number of aromatic hydroxyl groups is 1. The van der Waals surface area contributed by atoms with E-state index in [9.17, 15) is 14.7 Å². The van der Waals surface area contributed by atoms with Gasteiger partial charge < -0.3 is 19.5 Å². The number of rotatable bonds is 6. The van der Waals surface area contributed by atoms with E-state index < -0.39 is 12.0 Å². The van der Waals surface area contributed by atoms with Crippen LogP contribution in [0.4, 0.5) is 0 Å². The fraction of sp³-hybridized carbons (Fsp3) is 0.148. The molecule has 1 aliphatic rings. The highest BCUT2D eigenvalue weighted by atomic mass is 16.5. The molecule has 0 saturated carbocycles. The number of hydrogen-bond acceptors (Lipinski definition) is 6. The van der Waals surface area contributed by atoms with Gasteiger partial charge in [-0.05, 0) is 47.5 Å². The van der Waals surface area contributed by atoms with Crippen molar-refractivity contribution in [1.82, 2.24) is 15.1 Å². The Kier molecular flexibility index (Phi) is 5.70. The summed E-state index contributed by atoms with van der Waals surface area (Å²) in [6.45, 7) is 0.342. The van der Waals surface area contributed by atoms with Gasteiger partial charge in [-0.1, -0.05) is 36.4 Å². The predicted molar refractivity (Wildman–Crippen MR) is 128 cm³/mol. The number of nitrogens with zero attached hydrogens (tertiary/aromatic N) is 2. The first kappa shape index (κ1) is 22.2. The van der Waals surface area contributed by atoms with Crippen LogP contribution in [-0.4, -0.2) is 46.3 Å². The lowest BCUT2D eigenvalue weighted by Gasteiger charge is -2.27. The van der Waals surface area contributed by atoms with Gasteiger partial charge in [0.05, 0.1) is 25.8 Å². The van der Waals surface area contributed by atoms with Crippen molar-refractivity contribution in [2.24, 2.45) is 0 Å². The lowest BCUT2D eigenvalue weighted by molar-refractivity contribution is 0.0600. The molecule has 0 unspecified atom stereocenters. The summed E-state index contributed by atoms with van der Waals surface area (Å²) in [7, 11) is 2.94. The number of H-pyrrole nitrogens is 1. The Morgan fingerprint density at radius 3 is 2.40 bits per heavy atom. The van der Waals surface area contributed by atoms with Gasteiger partial charge in [-0.3, -0.25) is 9.89 Å². The molecule has 2 N–H and O–H groups in total. The number of amides is 1. The molecule has 1 aliphatic heterocycles. The van der Waals surface area contributed by atoms with Crippen molar-refractivity contribution >= 4 is 11.9 Å². The van der Waals surface area contributed by atoms with E-state index in [1.54, 1.807) is 42.3 Å². The predicted octanol–water partition coefficient (Wildman–Crippen LogP) is 4.32. The highest BCUT2D eigenvalue weighted by molar-refractivity contribution is 6.00. The number of hydrogen-bond donors (Lipinski definition) is 2. The van der Waals surface area contributed by atoms with Gasteiger partial charge in [0.2, 0.25) is 0 Å². The van der Waals surface area contributed by atoms with E-state index in [4.69, 9.17) is 9.47 Å². The smallest absolute Gasteiger partial charge is 0.337 e. The SMILES string of the molecule is COC(=O)c1ccc([C@@H]2c3c(-c4ccccc4O)n[nH]c3C(=O)N2Cc2ccc(OC)cc2)cc1. The maximum atomic E-state index is 13.6. The number of ether oxygens (including phenoxy) is 2. The van der Waals surface area contributed by atoms with Crippen LogP contribution in [0.1, 0.15) is 43.6 Å². The van der Waals surface area contributed by atoms with E-state index >= 15 is 0 Å². The number of methoxy groups -OCH3 is 2. The number of nitrogens with one attached hydrogen (secondary N) is 1. The summed E-state index contributed by atoms with van der Waals surface area (Å²) >= 11 is 0. The monoisotopic (exact) mass is 469 g/mol. The summed E-state index contributed by atoms with van der Waals surface area (Å²) in [6.07, 6.45) is 0. The second-order valence-electron chi connectivity index (χ2n) is 8.18. The molecule has 0 radical (unpaired) electrons. The van der Waals surface area contributed by atoms with Gasteiger partial charge in [0.1, 0.15) is 22.9 Å². The molecule has 0 bridgehead atoms. The zero-order valence-electron chi connectivity index (χ0n) is 19.2. The third-order valence-electron chi connectivity index (χ3n) is 6.18. The van der Waals surface area contributed by atoms with E-state index in [2.05, 4.69) is 10.2 Å². The van der Waals surface area contributed by atoms with E-state index in [1.165, 1.54) is 7.11 Å². The Hall–Kier alpha value is -4.59. The first-order chi connectivity index (χ1) is 17.0. The second-order valence-corrected chi connectivity index (χ2v) is 8.18. The minimum Gasteiger partial charge on any atom is -0.507 e. The van der Waals surface area contributed by atoms with Crippen LogP contribution < -0.4 is 4.74 Å². The molecule has 8 heteroatoms. The van der Waals surface area contributed by atoms with Gasteiger partial charge in [0.15, 0.2) is 0 Å². The maximum absolute atomic E-state index is 13.6. The molecule has 0 aliphatic carbocycles. The number of aromatic amines is 1. The number of aromatic nitrogens is 2. The van der Waals surface area contributed by atoms with Crippen LogP contribution in [-0.2, 0) is 11.3 Å². The quantitative estimate of drug-likeness (QED) is 0.408. The molecule has 0 spiro atoms. The Bertz CT molecular complexity index is 1390. The maximum Gasteiger partial charge on any atom is 0.337 e. The number of esters is 1. The number of benzene rings is 3. The average molecular weight is 469 g/mol. The third-order valence-corrected chi connectivity index (χ3v) is 6.18. The topological polar surface area (TPSA) is 105 Å². The first-order valence-corrected chi connectivity index (χ1v) is 11.0. The minimum absolute atomic E-state index is 0.0719. The molecular formula is C27H23N3O5. The Labute approximate surface area is 201 Å². The van der Waals surface area contributed by atoms with Crippen molar-refractivity contribution in [3.05, 3.63) is 101 Å². The van der Waals surface area contributed by atoms with Crippen LogP contribution in [0.3, 0.4) is 0 Å². The molecule has 2 heterocycles. The molecule has 5 rings (SSSR count). The van der Waals surface area contributed by atoms with E-state index in [0.717, 1.165) is 16.9 Å². The summed E-state index contributed by atoms with van der Waals surface area (Å²) < 4.78 is 10.1. The molecule has 35 heavy (non-hydrogen) atoms. The molecule has 0 fully saturated rings. The summed E-state index contributed by atoms with van der Waals surface area (Å²) in [6, 6.07) is 20.9. The number of carbonyl (C=O) groups is 2. The van der Waals surface area contributed by atoms with Crippen molar-refractivity contribution in [2.75, 3.05) is 14.2 Å².